The van der Waals surface area contributed by atoms with Gasteiger partial charge in [-0.05, 0) is 24.1 Å². The summed E-state index contributed by atoms with van der Waals surface area (Å²) in [5.41, 5.74) is 3.69. The molecule has 11 nitrogen and oxygen atoms in total. The number of nitrogens with one attached hydrogen (secondary N) is 1. The Balaban J connectivity index is 1.09. The van der Waals surface area contributed by atoms with Crippen LogP contribution in [0.4, 0.5) is 14.3 Å². The smallest absolute Gasteiger partial charge is 0.338 e. The van der Waals surface area contributed by atoms with Gasteiger partial charge in [-0.25, -0.2) is 23.9 Å². The molecule has 270 valence electrons. The molecule has 3 aliphatic rings. The molecular formula is C37H37ClFN7O4S2. The molecule has 2 fully saturated rings. The van der Waals surface area contributed by atoms with Gasteiger partial charge >= 0.3 is 12.0 Å². The highest BCUT2D eigenvalue weighted by molar-refractivity contribution is 7.14. The number of aliphatic hydroxyl groups is 1. The minimum atomic E-state index is -0.858. The molecule has 2 aromatic heterocycles. The van der Waals surface area contributed by atoms with Gasteiger partial charge in [0, 0.05) is 70.4 Å². The van der Waals surface area contributed by atoms with E-state index in [2.05, 4.69) is 21.8 Å². The zero-order chi connectivity index (χ0) is 36.7. The highest BCUT2D eigenvalue weighted by Gasteiger charge is 2.43. The molecule has 0 radical (unpaired) electrons. The number of aromatic nitrogens is 2. The summed E-state index contributed by atoms with van der Waals surface area (Å²) in [4.78, 5) is 47.0. The Bertz CT molecular complexity index is 2080. The SMILES string of the molecule is C=C(O)C(C)(C)Cc1ccc(-c2csc(N3C[C@@H]4CN(CC5=C(C(=O)OC)[C@H](c6ccc(F)cc6Cl)N=C(c6nccs6)N5)CCN4C3=O)n2)cc1. The summed E-state index contributed by atoms with van der Waals surface area (Å²) in [6.45, 7) is 10.0. The summed E-state index contributed by atoms with van der Waals surface area (Å²) in [6.07, 6.45) is 2.33. The number of aliphatic imine (C=N–C) groups is 1. The number of amides is 2. The molecule has 2 aromatic carbocycles. The molecule has 2 amide bonds. The second-order valence-corrected chi connectivity index (χ2v) is 15.7. The van der Waals surface area contributed by atoms with Gasteiger partial charge in [0.05, 0.1) is 36.7 Å². The zero-order valence-corrected chi connectivity index (χ0v) is 31.2. The van der Waals surface area contributed by atoms with Crippen LogP contribution in [-0.2, 0) is 16.0 Å². The van der Waals surface area contributed by atoms with E-state index in [-0.39, 0.29) is 28.4 Å². The van der Waals surface area contributed by atoms with Crippen LogP contribution >= 0.6 is 34.3 Å². The molecule has 0 aliphatic carbocycles. The van der Waals surface area contributed by atoms with E-state index in [0.717, 1.165) is 16.8 Å². The summed E-state index contributed by atoms with van der Waals surface area (Å²) in [7, 11) is 1.31. The lowest BCUT2D eigenvalue weighted by atomic mass is 9.84. The number of amidine groups is 1. The van der Waals surface area contributed by atoms with Crippen molar-refractivity contribution >= 4 is 57.2 Å². The number of nitrogens with zero attached hydrogens (tertiary/aromatic N) is 6. The third kappa shape index (κ3) is 7.07. The number of methoxy groups -OCH3 is 1. The van der Waals surface area contributed by atoms with E-state index in [1.165, 1.54) is 48.0 Å². The molecule has 7 rings (SSSR count). The summed E-state index contributed by atoms with van der Waals surface area (Å²) in [5.74, 6) is -0.453. The molecule has 2 saturated heterocycles. The Kier molecular flexibility index (Phi) is 9.91. The van der Waals surface area contributed by atoms with Crippen molar-refractivity contribution in [3.05, 3.63) is 110 Å². The lowest BCUT2D eigenvalue weighted by Crippen LogP contribution is -2.53. The van der Waals surface area contributed by atoms with Crippen molar-refractivity contribution in [2.45, 2.75) is 32.4 Å². The molecule has 3 aliphatic heterocycles. The lowest BCUT2D eigenvalue weighted by molar-refractivity contribution is -0.136. The number of carbonyl (C=O) groups excluding carboxylic acids is 2. The molecule has 0 unspecified atom stereocenters. The number of anilines is 1. The van der Waals surface area contributed by atoms with Crippen LogP contribution in [0.15, 0.2) is 88.0 Å². The number of esters is 1. The van der Waals surface area contributed by atoms with E-state index in [0.29, 0.717) is 66.4 Å². The Hall–Kier alpha value is -4.63. The van der Waals surface area contributed by atoms with Crippen LogP contribution in [0.2, 0.25) is 5.02 Å². The molecule has 4 aromatic rings. The molecule has 2 N–H and O–H groups in total. The van der Waals surface area contributed by atoms with Crippen molar-refractivity contribution in [3.63, 3.8) is 0 Å². The van der Waals surface area contributed by atoms with Gasteiger partial charge in [0.2, 0.25) is 0 Å². The third-order valence-corrected chi connectivity index (χ3v) is 11.6. The highest BCUT2D eigenvalue weighted by atomic mass is 35.5. The van der Waals surface area contributed by atoms with Crippen molar-refractivity contribution in [1.29, 1.82) is 0 Å². The number of carbonyl (C=O) groups is 2. The van der Waals surface area contributed by atoms with Gasteiger partial charge in [-0.2, -0.15) is 0 Å². The lowest BCUT2D eigenvalue weighted by Gasteiger charge is -2.38. The highest BCUT2D eigenvalue weighted by Crippen LogP contribution is 2.38. The number of thiazole rings is 2. The quantitative estimate of drug-likeness (QED) is 0.133. The molecule has 5 heterocycles. The Morgan fingerprint density at radius 1 is 1.17 bits per heavy atom. The Morgan fingerprint density at radius 3 is 2.65 bits per heavy atom. The van der Waals surface area contributed by atoms with Crippen LogP contribution in [-0.4, -0.2) is 88.6 Å². The maximum absolute atomic E-state index is 14.1. The fraction of sp³-hybridized carbons (Fsp3) is 0.324. The number of ether oxygens (including phenoxy) is 1. The maximum Gasteiger partial charge on any atom is 0.338 e. The first-order valence-electron chi connectivity index (χ1n) is 16.7. The number of halogens is 2. The maximum atomic E-state index is 14.1. The number of piperazine rings is 1. The number of allylic oxidation sites excluding steroid dienone is 1. The van der Waals surface area contributed by atoms with Crippen LogP contribution in [0.5, 0.6) is 0 Å². The van der Waals surface area contributed by atoms with Gasteiger partial charge in [0.25, 0.3) is 0 Å². The van der Waals surface area contributed by atoms with Crippen molar-refractivity contribution in [1.82, 2.24) is 25.1 Å². The average molecular weight is 762 g/mol. The first-order chi connectivity index (χ1) is 24.9. The van der Waals surface area contributed by atoms with Crippen molar-refractivity contribution in [3.8, 4) is 11.3 Å². The number of hydrogen-bond donors (Lipinski definition) is 2. The predicted molar refractivity (Wildman–Crippen MR) is 201 cm³/mol. The van der Waals surface area contributed by atoms with Crippen LogP contribution < -0.4 is 10.2 Å². The fourth-order valence-corrected chi connectivity index (χ4v) is 8.39. The van der Waals surface area contributed by atoms with E-state index in [9.17, 15) is 19.1 Å². The summed E-state index contributed by atoms with van der Waals surface area (Å²) < 4.78 is 19.3. The third-order valence-electron chi connectivity index (χ3n) is 9.64. The largest absolute Gasteiger partial charge is 0.512 e. The standard InChI is InChI=1S/C37H37ClFN7O4S2/c1-21(47)37(2,3)16-22-5-7-23(8-6-22)29-20-52-35(42-29)46-18-25-17-44(12-13-45(25)36(46)49)19-28-30(34(48)50-4)31(26-10-9-24(39)15-27(26)38)43-32(41-28)33-40-11-14-51-33/h5-11,14-15,20,25,31,47H,1,12-13,16-19H2,2-4H3,(H,41,43)/t25-,31-/m0/s1. The average Bonchev–Trinajstić information content (AvgIpc) is 3.89. The minimum absolute atomic E-state index is 0.0816. The number of urea groups is 1. The van der Waals surface area contributed by atoms with Gasteiger partial charge < -0.3 is 20.1 Å². The Morgan fingerprint density at radius 2 is 1.96 bits per heavy atom. The van der Waals surface area contributed by atoms with Crippen molar-refractivity contribution < 1.29 is 23.8 Å². The van der Waals surface area contributed by atoms with Gasteiger partial charge in [-0.15, -0.1) is 22.7 Å². The van der Waals surface area contributed by atoms with E-state index < -0.39 is 23.2 Å². The van der Waals surface area contributed by atoms with Crippen LogP contribution in [0.3, 0.4) is 0 Å². The fourth-order valence-electron chi connectivity index (χ4n) is 6.69. The number of hydrogen-bond acceptors (Lipinski definition) is 11. The normalized spacial score (nSPS) is 19.4. The number of benzene rings is 2. The van der Waals surface area contributed by atoms with E-state index in [4.69, 9.17) is 26.3 Å². The van der Waals surface area contributed by atoms with Crippen molar-refractivity contribution in [2.24, 2.45) is 10.4 Å². The van der Waals surface area contributed by atoms with Crippen LogP contribution in [0.1, 0.15) is 36.0 Å². The first-order valence-corrected chi connectivity index (χ1v) is 18.8. The molecule has 0 saturated carbocycles. The van der Waals surface area contributed by atoms with E-state index >= 15 is 0 Å². The van der Waals surface area contributed by atoms with Gasteiger partial charge in [0.1, 0.15) is 11.9 Å². The van der Waals surface area contributed by atoms with E-state index in [1.54, 1.807) is 11.1 Å². The molecule has 2 atom stereocenters. The summed E-state index contributed by atoms with van der Waals surface area (Å²) in [5, 5.41) is 18.5. The van der Waals surface area contributed by atoms with Gasteiger partial charge in [0.15, 0.2) is 16.0 Å². The molecule has 0 bridgehead atoms. The monoisotopic (exact) mass is 761 g/mol. The number of rotatable bonds is 10. The predicted octanol–water partition coefficient (Wildman–Crippen LogP) is 6.84. The molecule has 15 heteroatoms. The molecular weight excluding hydrogens is 725 g/mol. The second-order valence-electron chi connectivity index (χ2n) is 13.6. The summed E-state index contributed by atoms with van der Waals surface area (Å²) >= 11 is 9.34. The number of aliphatic hydroxyl groups excluding tert-OH is 1. The van der Waals surface area contributed by atoms with Crippen molar-refractivity contribution in [2.75, 3.05) is 44.7 Å². The number of fused-ring (bicyclic) bond motifs is 1. The zero-order valence-electron chi connectivity index (χ0n) is 28.8. The van der Waals surface area contributed by atoms with Gasteiger partial charge in [-0.3, -0.25) is 14.8 Å². The molecule has 0 spiro atoms. The van der Waals surface area contributed by atoms with Crippen LogP contribution in [0, 0.1) is 11.2 Å². The van der Waals surface area contributed by atoms with E-state index in [1.807, 2.05) is 53.8 Å². The second kappa shape index (κ2) is 14.4. The Labute approximate surface area is 313 Å². The summed E-state index contributed by atoms with van der Waals surface area (Å²) in [6, 6.07) is 11.1. The first kappa shape index (κ1) is 35.8. The van der Waals surface area contributed by atoms with Crippen LogP contribution in [0.25, 0.3) is 11.3 Å². The minimum Gasteiger partial charge on any atom is -0.512 e. The van der Waals surface area contributed by atoms with Gasteiger partial charge in [-0.1, -0.05) is 62.4 Å². The molecule has 52 heavy (non-hydrogen) atoms. The topological polar surface area (TPSA) is 123 Å².